The van der Waals surface area contributed by atoms with E-state index in [-0.39, 0.29) is 0 Å². The van der Waals surface area contributed by atoms with Crippen LogP contribution in [0.2, 0.25) is 0 Å². The van der Waals surface area contributed by atoms with E-state index < -0.39 is 0 Å². The SMILES string of the molecule is COc1ccc(CN(C)CC2CC2)cc1C#CCN. The van der Waals surface area contributed by atoms with Gasteiger partial charge in [-0.3, -0.25) is 0 Å². The highest BCUT2D eigenvalue weighted by Crippen LogP contribution is 2.29. The van der Waals surface area contributed by atoms with Crippen molar-refractivity contribution in [2.75, 3.05) is 27.2 Å². The van der Waals surface area contributed by atoms with Gasteiger partial charge in [0.25, 0.3) is 0 Å². The van der Waals surface area contributed by atoms with Crippen molar-refractivity contribution < 1.29 is 4.74 Å². The number of rotatable bonds is 5. The van der Waals surface area contributed by atoms with Gasteiger partial charge in [0.1, 0.15) is 5.75 Å². The van der Waals surface area contributed by atoms with Crippen LogP contribution in [-0.2, 0) is 6.54 Å². The average molecular weight is 258 g/mol. The molecule has 1 aromatic rings. The summed E-state index contributed by atoms with van der Waals surface area (Å²) in [4.78, 5) is 2.37. The van der Waals surface area contributed by atoms with Gasteiger partial charge in [0.15, 0.2) is 0 Å². The largest absolute Gasteiger partial charge is 0.495 e. The lowest BCUT2D eigenvalue weighted by Gasteiger charge is -2.16. The zero-order valence-corrected chi connectivity index (χ0v) is 11.8. The Balaban J connectivity index is 2.07. The van der Waals surface area contributed by atoms with Crippen LogP contribution >= 0.6 is 0 Å². The van der Waals surface area contributed by atoms with Gasteiger partial charge in [-0.15, -0.1) is 0 Å². The van der Waals surface area contributed by atoms with E-state index in [1.54, 1.807) is 7.11 Å². The van der Waals surface area contributed by atoms with Crippen LogP contribution < -0.4 is 10.5 Å². The maximum Gasteiger partial charge on any atom is 0.134 e. The molecule has 102 valence electrons. The molecule has 0 amide bonds. The van der Waals surface area contributed by atoms with Gasteiger partial charge in [-0.05, 0) is 43.5 Å². The molecule has 1 aromatic carbocycles. The summed E-state index contributed by atoms with van der Waals surface area (Å²) in [6.45, 7) is 2.52. The maximum atomic E-state index is 5.43. The molecule has 0 spiro atoms. The van der Waals surface area contributed by atoms with Crippen molar-refractivity contribution >= 4 is 0 Å². The van der Waals surface area contributed by atoms with Crippen molar-refractivity contribution in [2.24, 2.45) is 11.7 Å². The lowest BCUT2D eigenvalue weighted by molar-refractivity contribution is 0.313. The van der Waals surface area contributed by atoms with Gasteiger partial charge in [0.2, 0.25) is 0 Å². The minimum atomic E-state index is 0.370. The third-order valence-corrected chi connectivity index (χ3v) is 3.31. The first-order valence-electron chi connectivity index (χ1n) is 6.77. The highest BCUT2D eigenvalue weighted by molar-refractivity contribution is 5.48. The number of methoxy groups -OCH3 is 1. The van der Waals surface area contributed by atoms with Crippen LogP contribution in [0.5, 0.6) is 5.75 Å². The van der Waals surface area contributed by atoms with E-state index in [0.29, 0.717) is 6.54 Å². The summed E-state index contributed by atoms with van der Waals surface area (Å²) in [7, 11) is 3.84. The van der Waals surface area contributed by atoms with Crippen molar-refractivity contribution in [1.29, 1.82) is 0 Å². The zero-order valence-electron chi connectivity index (χ0n) is 11.8. The van der Waals surface area contributed by atoms with Crippen molar-refractivity contribution in [3.05, 3.63) is 29.3 Å². The van der Waals surface area contributed by atoms with Crippen LogP contribution in [0.3, 0.4) is 0 Å². The molecule has 0 bridgehead atoms. The second-order valence-electron chi connectivity index (χ2n) is 5.18. The number of nitrogens with zero attached hydrogens (tertiary/aromatic N) is 1. The Bertz CT molecular complexity index is 483. The Morgan fingerprint density at radius 3 is 2.84 bits per heavy atom. The molecular formula is C16H22N2O. The van der Waals surface area contributed by atoms with Crippen LogP contribution in [0.15, 0.2) is 18.2 Å². The van der Waals surface area contributed by atoms with Gasteiger partial charge < -0.3 is 15.4 Å². The number of benzene rings is 1. The topological polar surface area (TPSA) is 38.5 Å². The molecule has 1 saturated carbocycles. The van der Waals surface area contributed by atoms with Gasteiger partial charge in [-0.1, -0.05) is 17.9 Å². The van der Waals surface area contributed by atoms with E-state index in [0.717, 1.165) is 23.8 Å². The molecule has 0 aromatic heterocycles. The standard InChI is InChI=1S/C16H22N2O/c1-18(11-13-5-6-13)12-14-7-8-16(19-2)15(10-14)4-3-9-17/h7-8,10,13H,5-6,9,11-12,17H2,1-2H3. The number of hydrogen-bond donors (Lipinski definition) is 1. The summed E-state index contributed by atoms with van der Waals surface area (Å²) < 4.78 is 5.32. The molecule has 0 atom stereocenters. The van der Waals surface area contributed by atoms with Gasteiger partial charge in [-0.25, -0.2) is 0 Å². The Hall–Kier alpha value is -1.50. The second kappa shape index (κ2) is 6.60. The molecule has 3 heteroatoms. The maximum absolute atomic E-state index is 5.43. The molecule has 0 radical (unpaired) electrons. The lowest BCUT2D eigenvalue weighted by Crippen LogP contribution is -2.20. The molecule has 0 unspecified atom stereocenters. The fourth-order valence-corrected chi connectivity index (χ4v) is 2.21. The number of ether oxygens (including phenoxy) is 1. The molecule has 1 aliphatic carbocycles. The Labute approximate surface area is 115 Å². The Kier molecular flexibility index (Phi) is 4.84. The molecule has 0 heterocycles. The quantitative estimate of drug-likeness (QED) is 0.819. The predicted octanol–water partition coefficient (Wildman–Crippen LogP) is 1.85. The van der Waals surface area contributed by atoms with Crippen LogP contribution in [0.4, 0.5) is 0 Å². The van der Waals surface area contributed by atoms with Crippen LogP contribution in [0.25, 0.3) is 0 Å². The first-order chi connectivity index (χ1) is 9.22. The van der Waals surface area contributed by atoms with E-state index in [1.165, 1.54) is 24.9 Å². The smallest absolute Gasteiger partial charge is 0.134 e. The van der Waals surface area contributed by atoms with Gasteiger partial charge in [0, 0.05) is 13.1 Å². The molecule has 0 saturated heterocycles. The van der Waals surface area contributed by atoms with Crippen molar-refractivity contribution in [3.8, 4) is 17.6 Å². The van der Waals surface area contributed by atoms with Crippen LogP contribution in [-0.4, -0.2) is 32.1 Å². The molecular weight excluding hydrogens is 236 g/mol. The molecule has 2 N–H and O–H groups in total. The fraction of sp³-hybridized carbons (Fsp3) is 0.500. The summed E-state index contributed by atoms with van der Waals surface area (Å²) in [6.07, 6.45) is 2.78. The normalized spacial score (nSPS) is 14.1. The Morgan fingerprint density at radius 2 is 2.21 bits per heavy atom. The summed E-state index contributed by atoms with van der Waals surface area (Å²) in [5, 5.41) is 0. The van der Waals surface area contributed by atoms with E-state index in [2.05, 4.69) is 35.9 Å². The first-order valence-corrected chi connectivity index (χ1v) is 6.77. The number of hydrogen-bond acceptors (Lipinski definition) is 3. The molecule has 1 aliphatic rings. The molecule has 19 heavy (non-hydrogen) atoms. The predicted molar refractivity (Wildman–Crippen MR) is 78.0 cm³/mol. The van der Waals surface area contributed by atoms with E-state index >= 15 is 0 Å². The van der Waals surface area contributed by atoms with Crippen molar-refractivity contribution in [2.45, 2.75) is 19.4 Å². The van der Waals surface area contributed by atoms with Crippen molar-refractivity contribution in [1.82, 2.24) is 4.90 Å². The minimum Gasteiger partial charge on any atom is -0.495 e. The van der Waals surface area contributed by atoms with Crippen LogP contribution in [0.1, 0.15) is 24.0 Å². The third kappa shape index (κ3) is 4.27. The molecule has 3 nitrogen and oxygen atoms in total. The molecule has 2 rings (SSSR count). The average Bonchev–Trinajstić information content (AvgIpc) is 3.20. The molecule has 1 fully saturated rings. The third-order valence-electron chi connectivity index (χ3n) is 3.31. The lowest BCUT2D eigenvalue weighted by atomic mass is 10.1. The summed E-state index contributed by atoms with van der Waals surface area (Å²) in [5.41, 5.74) is 7.62. The fourth-order valence-electron chi connectivity index (χ4n) is 2.21. The van der Waals surface area contributed by atoms with Gasteiger partial charge in [-0.2, -0.15) is 0 Å². The van der Waals surface area contributed by atoms with E-state index in [1.807, 2.05) is 6.07 Å². The molecule has 0 aliphatic heterocycles. The van der Waals surface area contributed by atoms with E-state index in [9.17, 15) is 0 Å². The minimum absolute atomic E-state index is 0.370. The summed E-state index contributed by atoms with van der Waals surface area (Å²) in [6, 6.07) is 6.20. The summed E-state index contributed by atoms with van der Waals surface area (Å²) in [5.74, 6) is 7.69. The zero-order chi connectivity index (χ0) is 13.7. The number of nitrogens with two attached hydrogens (primary N) is 1. The first kappa shape index (κ1) is 13.9. The highest BCUT2D eigenvalue weighted by atomic mass is 16.5. The summed E-state index contributed by atoms with van der Waals surface area (Å²) >= 11 is 0. The van der Waals surface area contributed by atoms with Gasteiger partial charge in [0.05, 0.1) is 19.2 Å². The Morgan fingerprint density at radius 1 is 1.42 bits per heavy atom. The second-order valence-corrected chi connectivity index (χ2v) is 5.18. The monoisotopic (exact) mass is 258 g/mol. The van der Waals surface area contributed by atoms with Crippen LogP contribution in [0, 0.1) is 17.8 Å². The van der Waals surface area contributed by atoms with E-state index in [4.69, 9.17) is 10.5 Å². The van der Waals surface area contributed by atoms with Crippen molar-refractivity contribution in [3.63, 3.8) is 0 Å². The van der Waals surface area contributed by atoms with Gasteiger partial charge >= 0.3 is 0 Å². The highest BCUT2D eigenvalue weighted by Gasteiger charge is 2.22.